The number of carbonyl (C=O) groups is 1. The molecule has 7 heteroatoms. The van der Waals surface area contributed by atoms with Crippen molar-refractivity contribution in [1.29, 1.82) is 0 Å². The Morgan fingerprint density at radius 2 is 1.86 bits per heavy atom. The number of hydrogen-bond acceptors (Lipinski definition) is 4. The van der Waals surface area contributed by atoms with Crippen molar-refractivity contribution in [2.45, 2.75) is 50.1 Å². The molecule has 29 heavy (non-hydrogen) atoms. The molecular formula is C22H28N2O4S. The molecular weight excluding hydrogens is 388 g/mol. The molecule has 1 aromatic rings. The monoisotopic (exact) mass is 416 g/mol. The van der Waals surface area contributed by atoms with Crippen molar-refractivity contribution >= 4 is 15.9 Å². The second kappa shape index (κ2) is 8.10. The zero-order valence-corrected chi connectivity index (χ0v) is 17.6. The van der Waals surface area contributed by atoms with Crippen LogP contribution in [0.15, 0.2) is 24.3 Å². The summed E-state index contributed by atoms with van der Waals surface area (Å²) in [5, 5.41) is 9.83. The predicted molar refractivity (Wildman–Crippen MR) is 111 cm³/mol. The standard InChI is InChI=1S/C22H28N2O4S/c1-29(27,28)23-13-19-22(20(15-25)24(19)21(26)14-23)18-11-9-17(10-12-18)8-4-7-16-5-2-3-6-16/h9-12,16,19-20,22,25H,2-3,5-7,13-15H2,1H3/t19-,20-,22+/m1/s1. The van der Waals surface area contributed by atoms with Crippen molar-refractivity contribution < 1.29 is 18.3 Å². The Labute approximate surface area is 172 Å². The number of carbonyl (C=O) groups excluding carboxylic acids is 1. The topological polar surface area (TPSA) is 77.9 Å². The molecule has 0 unspecified atom stereocenters. The molecule has 1 amide bonds. The van der Waals surface area contributed by atoms with Crippen LogP contribution in [0.2, 0.25) is 0 Å². The van der Waals surface area contributed by atoms with Crippen LogP contribution in [0.3, 0.4) is 0 Å². The number of rotatable bonds is 4. The molecule has 1 saturated carbocycles. The quantitative estimate of drug-likeness (QED) is 0.756. The fourth-order valence-electron chi connectivity index (χ4n) is 5.02. The molecule has 3 aliphatic rings. The molecule has 0 spiro atoms. The minimum absolute atomic E-state index is 0.0750. The molecule has 2 saturated heterocycles. The number of fused-ring (bicyclic) bond motifs is 1. The van der Waals surface area contributed by atoms with Crippen LogP contribution in [0, 0.1) is 17.8 Å². The highest BCUT2D eigenvalue weighted by Crippen LogP contribution is 2.43. The zero-order chi connectivity index (χ0) is 20.6. The molecule has 4 rings (SSSR count). The largest absolute Gasteiger partial charge is 0.394 e. The number of amides is 1. The summed E-state index contributed by atoms with van der Waals surface area (Å²) in [6.07, 6.45) is 7.32. The van der Waals surface area contributed by atoms with E-state index in [-0.39, 0.29) is 43.6 Å². The third-order valence-corrected chi connectivity index (χ3v) is 7.80. The lowest BCUT2D eigenvalue weighted by molar-refractivity contribution is -0.158. The molecule has 0 bridgehead atoms. The number of sulfonamides is 1. The van der Waals surface area contributed by atoms with Crippen LogP contribution in [0.5, 0.6) is 0 Å². The van der Waals surface area contributed by atoms with Crippen LogP contribution >= 0.6 is 0 Å². The van der Waals surface area contributed by atoms with Gasteiger partial charge in [-0.25, -0.2) is 8.42 Å². The Hall–Kier alpha value is -1.88. The number of nitrogens with zero attached hydrogens (tertiary/aromatic N) is 2. The van der Waals surface area contributed by atoms with Gasteiger partial charge in [0.2, 0.25) is 15.9 Å². The average molecular weight is 417 g/mol. The average Bonchev–Trinajstić information content (AvgIpc) is 3.17. The lowest BCUT2D eigenvalue weighted by Crippen LogP contribution is -2.73. The third-order valence-electron chi connectivity index (χ3n) is 6.58. The Balaban J connectivity index is 1.48. The van der Waals surface area contributed by atoms with Gasteiger partial charge in [0.05, 0.1) is 31.5 Å². The minimum Gasteiger partial charge on any atom is -0.394 e. The first kappa shape index (κ1) is 20.4. The Morgan fingerprint density at radius 1 is 1.17 bits per heavy atom. The van der Waals surface area contributed by atoms with Crippen LogP contribution in [-0.4, -0.2) is 66.7 Å². The van der Waals surface area contributed by atoms with Gasteiger partial charge in [-0.1, -0.05) is 36.8 Å². The number of piperazine rings is 1. The smallest absolute Gasteiger partial charge is 0.238 e. The van der Waals surface area contributed by atoms with Crippen molar-refractivity contribution in [3.63, 3.8) is 0 Å². The fraction of sp³-hybridized carbons (Fsp3) is 0.591. The van der Waals surface area contributed by atoms with Gasteiger partial charge in [-0.05, 0) is 36.5 Å². The molecule has 1 aliphatic carbocycles. The van der Waals surface area contributed by atoms with Crippen molar-refractivity contribution in [3.8, 4) is 11.8 Å². The molecule has 6 nitrogen and oxygen atoms in total. The first-order chi connectivity index (χ1) is 13.9. The van der Waals surface area contributed by atoms with E-state index in [4.69, 9.17) is 0 Å². The Morgan fingerprint density at radius 3 is 2.48 bits per heavy atom. The van der Waals surface area contributed by atoms with Crippen LogP contribution in [0.25, 0.3) is 0 Å². The van der Waals surface area contributed by atoms with E-state index in [1.54, 1.807) is 4.90 Å². The fourth-order valence-corrected chi connectivity index (χ4v) is 5.79. The number of hydrogen-bond donors (Lipinski definition) is 1. The van der Waals surface area contributed by atoms with Crippen molar-refractivity contribution in [2.24, 2.45) is 5.92 Å². The lowest BCUT2D eigenvalue weighted by Gasteiger charge is -2.58. The van der Waals surface area contributed by atoms with E-state index in [1.807, 2.05) is 24.3 Å². The van der Waals surface area contributed by atoms with Gasteiger partial charge in [-0.15, -0.1) is 0 Å². The third kappa shape index (κ3) is 4.07. The van der Waals surface area contributed by atoms with Gasteiger partial charge in [-0.2, -0.15) is 4.31 Å². The first-order valence-electron chi connectivity index (χ1n) is 10.3. The van der Waals surface area contributed by atoms with E-state index in [9.17, 15) is 18.3 Å². The number of benzene rings is 1. The van der Waals surface area contributed by atoms with E-state index >= 15 is 0 Å². The molecule has 3 atom stereocenters. The van der Waals surface area contributed by atoms with Gasteiger partial charge in [0.15, 0.2) is 0 Å². The van der Waals surface area contributed by atoms with Crippen LogP contribution in [0.1, 0.15) is 49.1 Å². The molecule has 2 aliphatic heterocycles. The summed E-state index contributed by atoms with van der Waals surface area (Å²) in [4.78, 5) is 14.1. The summed E-state index contributed by atoms with van der Waals surface area (Å²) in [7, 11) is -3.43. The van der Waals surface area contributed by atoms with Gasteiger partial charge in [0, 0.05) is 24.4 Å². The first-order valence-corrected chi connectivity index (χ1v) is 12.2. The summed E-state index contributed by atoms with van der Waals surface area (Å²) in [6.45, 7) is -0.00249. The second-order valence-corrected chi connectivity index (χ2v) is 10.5. The predicted octanol–water partition coefficient (Wildman–Crippen LogP) is 1.55. The maximum Gasteiger partial charge on any atom is 0.238 e. The highest BCUT2D eigenvalue weighted by Gasteiger charge is 2.54. The zero-order valence-electron chi connectivity index (χ0n) is 16.8. The maximum absolute atomic E-state index is 12.4. The van der Waals surface area contributed by atoms with Gasteiger partial charge in [-0.3, -0.25) is 4.79 Å². The summed E-state index contributed by atoms with van der Waals surface area (Å²) in [5.74, 6) is 6.97. The molecule has 156 valence electrons. The van der Waals surface area contributed by atoms with Gasteiger partial charge in [0.25, 0.3) is 0 Å². The molecule has 1 N–H and O–H groups in total. The van der Waals surface area contributed by atoms with E-state index in [0.29, 0.717) is 0 Å². The van der Waals surface area contributed by atoms with Gasteiger partial charge >= 0.3 is 0 Å². The molecule has 0 radical (unpaired) electrons. The molecule has 3 fully saturated rings. The summed E-state index contributed by atoms with van der Waals surface area (Å²) >= 11 is 0. The number of aliphatic hydroxyl groups is 1. The van der Waals surface area contributed by atoms with Gasteiger partial charge < -0.3 is 10.0 Å². The van der Waals surface area contributed by atoms with Crippen LogP contribution < -0.4 is 0 Å². The van der Waals surface area contributed by atoms with E-state index in [2.05, 4.69) is 11.8 Å². The Kier molecular flexibility index (Phi) is 5.69. The van der Waals surface area contributed by atoms with Crippen LogP contribution in [0.4, 0.5) is 0 Å². The molecule has 0 aromatic heterocycles. The van der Waals surface area contributed by atoms with E-state index in [1.165, 1.54) is 30.0 Å². The van der Waals surface area contributed by atoms with E-state index in [0.717, 1.165) is 29.7 Å². The Bertz CT molecular complexity index is 926. The number of aliphatic hydroxyl groups excluding tert-OH is 1. The minimum atomic E-state index is -3.43. The van der Waals surface area contributed by atoms with Crippen molar-refractivity contribution in [1.82, 2.24) is 9.21 Å². The molecule has 2 heterocycles. The highest BCUT2D eigenvalue weighted by molar-refractivity contribution is 7.88. The SMILES string of the molecule is CS(=O)(=O)N1CC(=O)N2[C@H](CO)[C@@H](c3ccc(C#CCC4CCCC4)cc3)[C@H]2C1. The van der Waals surface area contributed by atoms with Crippen LogP contribution in [-0.2, 0) is 14.8 Å². The van der Waals surface area contributed by atoms with E-state index < -0.39 is 10.0 Å². The summed E-state index contributed by atoms with van der Waals surface area (Å²) in [6, 6.07) is 7.42. The van der Waals surface area contributed by atoms with Crippen molar-refractivity contribution in [2.75, 3.05) is 26.0 Å². The normalized spacial score (nSPS) is 27.9. The summed E-state index contributed by atoms with van der Waals surface area (Å²) in [5.41, 5.74) is 1.97. The molecule has 1 aromatic carbocycles. The van der Waals surface area contributed by atoms with Gasteiger partial charge in [0.1, 0.15) is 0 Å². The summed E-state index contributed by atoms with van der Waals surface area (Å²) < 4.78 is 25.1. The second-order valence-electron chi connectivity index (χ2n) is 8.48. The maximum atomic E-state index is 12.4. The van der Waals surface area contributed by atoms with Crippen molar-refractivity contribution in [3.05, 3.63) is 35.4 Å². The lowest BCUT2D eigenvalue weighted by atomic mass is 9.74. The highest BCUT2D eigenvalue weighted by atomic mass is 32.2.